The largest absolute Gasteiger partial charge is 0.324 e. The van der Waals surface area contributed by atoms with E-state index >= 15 is 0 Å². The SMILES string of the molecule is CCCC[N+](C)(C)CC(C)[N+](C)(C)C. The molecule has 0 fully saturated rings. The number of hydrogen-bond donors (Lipinski definition) is 0. The second-order valence-corrected chi connectivity index (χ2v) is 6.16. The normalized spacial score (nSPS) is 15.6. The van der Waals surface area contributed by atoms with Crippen molar-refractivity contribution in [2.24, 2.45) is 0 Å². The Hall–Kier alpha value is -0.0800. The zero-order valence-electron chi connectivity index (χ0n) is 11.3. The molecule has 0 amide bonds. The Labute approximate surface area is 90.7 Å². The van der Waals surface area contributed by atoms with E-state index in [4.69, 9.17) is 0 Å². The molecule has 0 saturated heterocycles. The Morgan fingerprint density at radius 2 is 1.50 bits per heavy atom. The summed E-state index contributed by atoms with van der Waals surface area (Å²) in [6.07, 6.45) is 2.65. The van der Waals surface area contributed by atoms with Gasteiger partial charge in [0.25, 0.3) is 0 Å². The fraction of sp³-hybridized carbons (Fsp3) is 1.00. The van der Waals surface area contributed by atoms with Gasteiger partial charge in [-0.1, -0.05) is 13.3 Å². The van der Waals surface area contributed by atoms with Gasteiger partial charge >= 0.3 is 0 Å². The molecule has 0 aliphatic heterocycles. The first-order valence-electron chi connectivity index (χ1n) is 5.82. The van der Waals surface area contributed by atoms with Gasteiger partial charge in [-0.2, -0.15) is 0 Å². The summed E-state index contributed by atoms with van der Waals surface area (Å²) in [6, 6.07) is 0.724. The van der Waals surface area contributed by atoms with Gasteiger partial charge in [0.15, 0.2) is 0 Å². The second kappa shape index (κ2) is 5.13. The van der Waals surface area contributed by atoms with Gasteiger partial charge in [0.05, 0.1) is 41.8 Å². The van der Waals surface area contributed by atoms with Gasteiger partial charge < -0.3 is 8.97 Å². The lowest BCUT2D eigenvalue weighted by Crippen LogP contribution is -2.54. The van der Waals surface area contributed by atoms with Crippen LogP contribution in [0.1, 0.15) is 26.7 Å². The van der Waals surface area contributed by atoms with Crippen molar-refractivity contribution >= 4 is 0 Å². The average molecular weight is 202 g/mol. The van der Waals surface area contributed by atoms with Crippen LogP contribution in [0.4, 0.5) is 0 Å². The molecule has 0 saturated carbocycles. The van der Waals surface area contributed by atoms with Crippen LogP contribution >= 0.6 is 0 Å². The Balaban J connectivity index is 4.08. The lowest BCUT2D eigenvalue weighted by atomic mass is 10.2. The molecule has 86 valence electrons. The van der Waals surface area contributed by atoms with Gasteiger partial charge in [-0.05, 0) is 13.3 Å². The summed E-state index contributed by atoms with van der Waals surface area (Å²) < 4.78 is 2.22. The van der Waals surface area contributed by atoms with Crippen molar-refractivity contribution in [3.05, 3.63) is 0 Å². The average Bonchev–Trinajstić information content (AvgIpc) is 1.98. The van der Waals surface area contributed by atoms with Crippen LogP contribution in [-0.2, 0) is 0 Å². The van der Waals surface area contributed by atoms with Crippen LogP contribution in [0.15, 0.2) is 0 Å². The molecule has 2 heteroatoms. The van der Waals surface area contributed by atoms with Crippen molar-refractivity contribution in [1.29, 1.82) is 0 Å². The van der Waals surface area contributed by atoms with Crippen molar-refractivity contribution in [2.75, 3.05) is 48.3 Å². The smallest absolute Gasteiger partial charge is 0.135 e. The van der Waals surface area contributed by atoms with Crippen LogP contribution in [0.25, 0.3) is 0 Å². The first-order chi connectivity index (χ1) is 6.19. The van der Waals surface area contributed by atoms with Crippen LogP contribution in [0.3, 0.4) is 0 Å². The van der Waals surface area contributed by atoms with Crippen LogP contribution in [0.5, 0.6) is 0 Å². The van der Waals surface area contributed by atoms with E-state index in [1.54, 1.807) is 0 Å². The summed E-state index contributed by atoms with van der Waals surface area (Å²) in [5.41, 5.74) is 0. The lowest BCUT2D eigenvalue weighted by molar-refractivity contribution is -0.953. The molecule has 0 heterocycles. The van der Waals surface area contributed by atoms with Gasteiger partial charge in [-0.3, -0.25) is 0 Å². The topological polar surface area (TPSA) is 0 Å². The van der Waals surface area contributed by atoms with Crippen LogP contribution in [0, 0.1) is 0 Å². The van der Waals surface area contributed by atoms with Crippen molar-refractivity contribution in [1.82, 2.24) is 0 Å². The summed E-state index contributed by atoms with van der Waals surface area (Å²) in [4.78, 5) is 0. The lowest BCUT2D eigenvalue weighted by Gasteiger charge is -2.38. The van der Waals surface area contributed by atoms with Crippen molar-refractivity contribution < 1.29 is 8.97 Å². The Morgan fingerprint density at radius 3 is 1.86 bits per heavy atom. The Kier molecular flexibility index (Phi) is 5.10. The van der Waals surface area contributed by atoms with Crippen LogP contribution in [0.2, 0.25) is 0 Å². The standard InChI is InChI=1S/C12H30N2/c1-8-9-10-14(6,7)11-12(2)13(3,4)5/h12H,8-11H2,1-7H3/q+2. The predicted molar refractivity (Wildman–Crippen MR) is 64.2 cm³/mol. The number of unbranched alkanes of at least 4 members (excludes halogenated alkanes) is 1. The fourth-order valence-corrected chi connectivity index (χ4v) is 1.64. The van der Waals surface area contributed by atoms with E-state index in [0.717, 1.165) is 15.0 Å². The first-order valence-corrected chi connectivity index (χ1v) is 5.82. The van der Waals surface area contributed by atoms with E-state index in [2.05, 4.69) is 49.1 Å². The number of nitrogens with zero attached hydrogens (tertiary/aromatic N) is 2. The van der Waals surface area contributed by atoms with Crippen molar-refractivity contribution in [3.63, 3.8) is 0 Å². The van der Waals surface area contributed by atoms with E-state index in [9.17, 15) is 0 Å². The van der Waals surface area contributed by atoms with Gasteiger partial charge in [-0.25, -0.2) is 0 Å². The van der Waals surface area contributed by atoms with Crippen LogP contribution in [-0.4, -0.2) is 63.3 Å². The quantitative estimate of drug-likeness (QED) is 0.578. The summed E-state index contributed by atoms with van der Waals surface area (Å²) in [7, 11) is 11.5. The summed E-state index contributed by atoms with van der Waals surface area (Å²) in [6.45, 7) is 7.19. The monoisotopic (exact) mass is 202 g/mol. The number of likely N-dealkylation sites (N-methyl/N-ethyl adjacent to an activating group) is 2. The molecule has 0 aliphatic rings. The van der Waals surface area contributed by atoms with Gasteiger partial charge in [0.1, 0.15) is 12.6 Å². The minimum atomic E-state index is 0.724. The molecular weight excluding hydrogens is 172 g/mol. The molecule has 1 atom stereocenters. The molecule has 0 aromatic carbocycles. The highest BCUT2D eigenvalue weighted by Gasteiger charge is 2.27. The molecule has 0 aliphatic carbocycles. The molecule has 0 spiro atoms. The summed E-state index contributed by atoms with van der Waals surface area (Å²) in [5.74, 6) is 0. The molecule has 0 radical (unpaired) electrons. The van der Waals surface area contributed by atoms with E-state index < -0.39 is 0 Å². The molecule has 0 N–H and O–H groups in total. The van der Waals surface area contributed by atoms with E-state index in [-0.39, 0.29) is 0 Å². The van der Waals surface area contributed by atoms with E-state index in [1.807, 2.05) is 0 Å². The third kappa shape index (κ3) is 5.61. The highest BCUT2D eigenvalue weighted by molar-refractivity contribution is 4.48. The van der Waals surface area contributed by atoms with Crippen molar-refractivity contribution in [3.8, 4) is 0 Å². The molecule has 2 nitrogen and oxygen atoms in total. The molecule has 1 unspecified atom stereocenters. The van der Waals surface area contributed by atoms with E-state index in [0.29, 0.717) is 0 Å². The van der Waals surface area contributed by atoms with Gasteiger partial charge in [-0.15, -0.1) is 0 Å². The maximum atomic E-state index is 2.35. The zero-order chi connectivity index (χ0) is 11.4. The predicted octanol–water partition coefficient (Wildman–Crippen LogP) is 1.96. The highest BCUT2D eigenvalue weighted by atomic mass is 15.4. The molecule has 0 bridgehead atoms. The third-order valence-corrected chi connectivity index (χ3v) is 3.20. The Bertz CT molecular complexity index is 156. The van der Waals surface area contributed by atoms with Gasteiger partial charge in [0.2, 0.25) is 0 Å². The molecule has 0 rings (SSSR count). The fourth-order valence-electron chi connectivity index (χ4n) is 1.64. The molecular formula is C12H30N2+2. The number of hydrogen-bond acceptors (Lipinski definition) is 0. The minimum Gasteiger partial charge on any atom is -0.324 e. The van der Waals surface area contributed by atoms with Gasteiger partial charge in [0, 0.05) is 0 Å². The maximum Gasteiger partial charge on any atom is 0.135 e. The molecule has 14 heavy (non-hydrogen) atoms. The summed E-state index contributed by atoms with van der Waals surface area (Å²) >= 11 is 0. The molecule has 0 aromatic heterocycles. The second-order valence-electron chi connectivity index (χ2n) is 6.16. The minimum absolute atomic E-state index is 0.724. The van der Waals surface area contributed by atoms with Crippen molar-refractivity contribution in [2.45, 2.75) is 32.7 Å². The maximum absolute atomic E-state index is 2.35. The molecule has 0 aromatic rings. The zero-order valence-corrected chi connectivity index (χ0v) is 11.3. The highest BCUT2D eigenvalue weighted by Crippen LogP contribution is 2.09. The number of quaternary nitrogens is 2. The Morgan fingerprint density at radius 1 is 1.00 bits per heavy atom. The third-order valence-electron chi connectivity index (χ3n) is 3.20. The van der Waals surface area contributed by atoms with E-state index in [1.165, 1.54) is 25.9 Å². The number of rotatable bonds is 6. The first kappa shape index (κ1) is 13.9. The van der Waals surface area contributed by atoms with Crippen LogP contribution < -0.4 is 0 Å². The summed E-state index contributed by atoms with van der Waals surface area (Å²) in [5, 5.41) is 0.